The molecule has 0 aliphatic heterocycles. The number of hydrogen-bond donors (Lipinski definition) is 0. The molecule has 26 heavy (non-hydrogen) atoms. The van der Waals surface area contributed by atoms with Crippen molar-refractivity contribution in [1.82, 2.24) is 4.98 Å². The fraction of sp³-hybridized carbons (Fsp3) is 0.143. The summed E-state index contributed by atoms with van der Waals surface area (Å²) in [6.07, 6.45) is 3.48. The number of rotatable bonds is 6. The Balaban J connectivity index is 1.93. The van der Waals surface area contributed by atoms with Crippen LogP contribution in [-0.2, 0) is 6.54 Å². The van der Waals surface area contributed by atoms with Gasteiger partial charge in [0.15, 0.2) is 0 Å². The van der Waals surface area contributed by atoms with Gasteiger partial charge >= 0.3 is 0 Å². The molecular weight excluding hydrogens is 328 g/mol. The van der Waals surface area contributed by atoms with E-state index in [2.05, 4.69) is 4.98 Å². The van der Waals surface area contributed by atoms with E-state index >= 15 is 0 Å². The van der Waals surface area contributed by atoms with Crippen LogP contribution < -0.4 is 14.4 Å². The third-order valence-corrected chi connectivity index (χ3v) is 4.03. The molecule has 0 bridgehead atoms. The smallest absolute Gasteiger partial charge is 0.258 e. The average molecular weight is 348 g/mol. The summed E-state index contributed by atoms with van der Waals surface area (Å²) in [5, 5.41) is 0. The zero-order valence-electron chi connectivity index (χ0n) is 14.8. The third-order valence-electron chi connectivity index (χ3n) is 4.03. The summed E-state index contributed by atoms with van der Waals surface area (Å²) < 4.78 is 10.4. The van der Waals surface area contributed by atoms with Gasteiger partial charge in [-0.05, 0) is 60.2 Å². The van der Waals surface area contributed by atoms with Crippen molar-refractivity contribution in [3.8, 4) is 11.5 Å². The number of pyridine rings is 1. The molecule has 1 aromatic heterocycles. The number of methoxy groups -OCH3 is 2. The van der Waals surface area contributed by atoms with Gasteiger partial charge in [-0.25, -0.2) is 0 Å². The van der Waals surface area contributed by atoms with Crippen molar-refractivity contribution >= 4 is 11.6 Å². The third kappa shape index (κ3) is 4.00. The predicted molar refractivity (Wildman–Crippen MR) is 101 cm³/mol. The molecule has 3 rings (SSSR count). The lowest BCUT2D eigenvalue weighted by Gasteiger charge is -2.23. The van der Waals surface area contributed by atoms with Gasteiger partial charge in [0.25, 0.3) is 5.91 Å². The molecule has 0 fully saturated rings. The molecule has 0 saturated carbocycles. The lowest BCUT2D eigenvalue weighted by atomic mass is 10.1. The van der Waals surface area contributed by atoms with Crippen LogP contribution in [-0.4, -0.2) is 25.1 Å². The molecule has 3 aromatic rings. The van der Waals surface area contributed by atoms with E-state index in [-0.39, 0.29) is 5.91 Å². The number of carbonyl (C=O) groups excluding carboxylic acids is 1. The van der Waals surface area contributed by atoms with E-state index in [1.807, 2.05) is 36.4 Å². The zero-order valence-corrected chi connectivity index (χ0v) is 14.8. The van der Waals surface area contributed by atoms with Crippen molar-refractivity contribution in [2.45, 2.75) is 6.54 Å². The molecule has 132 valence electrons. The highest BCUT2D eigenvalue weighted by atomic mass is 16.5. The number of amides is 1. The second-order valence-electron chi connectivity index (χ2n) is 5.68. The molecule has 0 atom stereocenters. The Bertz CT molecular complexity index is 847. The van der Waals surface area contributed by atoms with Crippen LogP contribution in [0.3, 0.4) is 0 Å². The summed E-state index contributed by atoms with van der Waals surface area (Å²) in [4.78, 5) is 19.0. The van der Waals surface area contributed by atoms with E-state index in [1.54, 1.807) is 55.8 Å². The van der Waals surface area contributed by atoms with E-state index in [1.165, 1.54) is 0 Å². The SMILES string of the molecule is COc1ccc(C(=O)N(Cc2cccnc2)c2ccc(OC)cc2)cc1. The van der Waals surface area contributed by atoms with Crippen molar-refractivity contribution in [3.05, 3.63) is 84.2 Å². The van der Waals surface area contributed by atoms with Crippen molar-refractivity contribution in [2.75, 3.05) is 19.1 Å². The normalized spacial score (nSPS) is 10.2. The van der Waals surface area contributed by atoms with Gasteiger partial charge in [-0.2, -0.15) is 0 Å². The van der Waals surface area contributed by atoms with Gasteiger partial charge in [0.05, 0.1) is 20.8 Å². The molecule has 2 aromatic carbocycles. The zero-order chi connectivity index (χ0) is 18.4. The Morgan fingerprint density at radius 3 is 2.08 bits per heavy atom. The molecule has 0 unspecified atom stereocenters. The van der Waals surface area contributed by atoms with Crippen LogP contribution in [0.4, 0.5) is 5.69 Å². The van der Waals surface area contributed by atoms with Crippen molar-refractivity contribution in [3.63, 3.8) is 0 Å². The summed E-state index contributed by atoms with van der Waals surface area (Å²) in [6.45, 7) is 0.422. The minimum atomic E-state index is -0.0957. The van der Waals surface area contributed by atoms with Gasteiger partial charge < -0.3 is 14.4 Å². The standard InChI is InChI=1S/C21H20N2O3/c1-25-19-9-5-17(6-10-19)21(24)23(15-16-4-3-13-22-14-16)18-7-11-20(26-2)12-8-18/h3-14H,15H2,1-2H3. The van der Waals surface area contributed by atoms with Crippen molar-refractivity contribution in [1.29, 1.82) is 0 Å². The first-order chi connectivity index (χ1) is 12.7. The number of anilines is 1. The lowest BCUT2D eigenvalue weighted by Crippen LogP contribution is -2.30. The van der Waals surface area contributed by atoms with Crippen LogP contribution in [0.5, 0.6) is 11.5 Å². The molecule has 0 radical (unpaired) electrons. The molecule has 5 nitrogen and oxygen atoms in total. The van der Waals surface area contributed by atoms with E-state index in [0.29, 0.717) is 17.9 Å². The molecule has 5 heteroatoms. The van der Waals surface area contributed by atoms with Crippen LogP contribution in [0, 0.1) is 0 Å². The lowest BCUT2D eigenvalue weighted by molar-refractivity contribution is 0.0985. The van der Waals surface area contributed by atoms with Gasteiger partial charge in [-0.3, -0.25) is 9.78 Å². The number of nitrogens with zero attached hydrogens (tertiary/aromatic N) is 2. The first-order valence-corrected chi connectivity index (χ1v) is 8.20. The van der Waals surface area contributed by atoms with Crippen LogP contribution in [0.25, 0.3) is 0 Å². The molecule has 0 aliphatic rings. The molecule has 0 N–H and O–H groups in total. The number of ether oxygens (including phenoxy) is 2. The maximum Gasteiger partial charge on any atom is 0.258 e. The van der Waals surface area contributed by atoms with Crippen LogP contribution in [0.15, 0.2) is 73.1 Å². The largest absolute Gasteiger partial charge is 0.497 e. The molecule has 1 amide bonds. The van der Waals surface area contributed by atoms with Crippen molar-refractivity contribution in [2.24, 2.45) is 0 Å². The van der Waals surface area contributed by atoms with Crippen LogP contribution >= 0.6 is 0 Å². The maximum atomic E-state index is 13.1. The quantitative estimate of drug-likeness (QED) is 0.677. The highest BCUT2D eigenvalue weighted by Crippen LogP contribution is 2.24. The Morgan fingerprint density at radius 2 is 1.54 bits per heavy atom. The first-order valence-electron chi connectivity index (χ1n) is 8.20. The van der Waals surface area contributed by atoms with E-state index in [4.69, 9.17) is 9.47 Å². The summed E-state index contributed by atoms with van der Waals surface area (Å²) in [5.74, 6) is 1.36. The fourth-order valence-corrected chi connectivity index (χ4v) is 2.61. The minimum absolute atomic E-state index is 0.0957. The monoisotopic (exact) mass is 348 g/mol. The molecule has 0 spiro atoms. The highest BCUT2D eigenvalue weighted by Gasteiger charge is 2.18. The summed E-state index contributed by atoms with van der Waals surface area (Å²) in [7, 11) is 3.22. The number of aromatic nitrogens is 1. The predicted octanol–water partition coefficient (Wildman–Crippen LogP) is 3.95. The molecule has 0 saturated heterocycles. The number of carbonyl (C=O) groups is 1. The highest BCUT2D eigenvalue weighted by molar-refractivity contribution is 6.06. The van der Waals surface area contributed by atoms with Gasteiger partial charge in [0.1, 0.15) is 11.5 Å². The number of benzene rings is 2. The topological polar surface area (TPSA) is 51.7 Å². The summed E-state index contributed by atoms with van der Waals surface area (Å²) in [5.41, 5.74) is 2.33. The summed E-state index contributed by atoms with van der Waals surface area (Å²) in [6, 6.07) is 18.3. The van der Waals surface area contributed by atoms with E-state index in [9.17, 15) is 4.79 Å². The second kappa shape index (κ2) is 8.16. The maximum absolute atomic E-state index is 13.1. The Morgan fingerprint density at radius 1 is 0.923 bits per heavy atom. The second-order valence-corrected chi connectivity index (χ2v) is 5.68. The van der Waals surface area contributed by atoms with Crippen molar-refractivity contribution < 1.29 is 14.3 Å². The fourth-order valence-electron chi connectivity index (χ4n) is 2.61. The minimum Gasteiger partial charge on any atom is -0.497 e. The summed E-state index contributed by atoms with van der Waals surface area (Å²) >= 11 is 0. The van der Waals surface area contributed by atoms with E-state index in [0.717, 1.165) is 17.0 Å². The van der Waals surface area contributed by atoms with E-state index < -0.39 is 0 Å². The Kier molecular flexibility index (Phi) is 5.49. The van der Waals surface area contributed by atoms with Crippen LogP contribution in [0.1, 0.15) is 15.9 Å². The first kappa shape index (κ1) is 17.5. The van der Waals surface area contributed by atoms with Gasteiger partial charge in [0.2, 0.25) is 0 Å². The number of hydrogen-bond acceptors (Lipinski definition) is 4. The van der Waals surface area contributed by atoms with Gasteiger partial charge in [-0.15, -0.1) is 0 Å². The Hall–Kier alpha value is -3.34. The molecule has 1 heterocycles. The average Bonchev–Trinajstić information content (AvgIpc) is 2.72. The Labute approximate surface area is 152 Å². The van der Waals surface area contributed by atoms with Gasteiger partial charge in [0, 0.05) is 23.6 Å². The molecular formula is C21H20N2O3. The van der Waals surface area contributed by atoms with Crippen LogP contribution in [0.2, 0.25) is 0 Å². The van der Waals surface area contributed by atoms with Gasteiger partial charge in [-0.1, -0.05) is 6.07 Å². The molecule has 0 aliphatic carbocycles.